The fourth-order valence-electron chi connectivity index (χ4n) is 4.92. The Balaban J connectivity index is 1.98. The molecule has 1 aliphatic heterocycles. The molecule has 1 heterocycles. The fraction of sp³-hybridized carbons (Fsp3) is 0.579. The van der Waals surface area contributed by atoms with E-state index in [4.69, 9.17) is 0 Å². The third kappa shape index (κ3) is 3.18. The molecule has 2 aliphatic rings. The molecule has 2 atom stereocenters. The summed E-state index contributed by atoms with van der Waals surface area (Å²) in [6.45, 7) is 6.22. The maximum absolute atomic E-state index is 13.1. The minimum Gasteiger partial charge on any atom is -0.274 e. The monoisotopic (exact) mass is 353 g/mol. The Labute approximate surface area is 145 Å². The number of hydrogen-bond donors (Lipinski definition) is 0. The number of carbonyl (C=O) groups excluding carboxylic acids is 2. The van der Waals surface area contributed by atoms with E-state index < -0.39 is 23.1 Å². The first-order valence-electron chi connectivity index (χ1n) is 8.48. The number of carbonyl (C=O) groups is 2. The summed E-state index contributed by atoms with van der Waals surface area (Å²) in [6, 6.07) is 4.45. The number of nitrogens with zero attached hydrogens (tertiary/aromatic N) is 1. The highest BCUT2D eigenvalue weighted by Gasteiger charge is 2.56. The Morgan fingerprint density at radius 1 is 1.16 bits per heavy atom. The van der Waals surface area contributed by atoms with Crippen molar-refractivity contribution in [1.29, 1.82) is 0 Å². The molecule has 136 valence electrons. The van der Waals surface area contributed by atoms with Crippen LogP contribution in [0.4, 0.5) is 18.9 Å². The van der Waals surface area contributed by atoms with Gasteiger partial charge < -0.3 is 0 Å². The van der Waals surface area contributed by atoms with E-state index in [0.717, 1.165) is 23.5 Å². The van der Waals surface area contributed by atoms with Gasteiger partial charge in [-0.15, -0.1) is 0 Å². The maximum Gasteiger partial charge on any atom is 0.416 e. The Hall–Kier alpha value is -1.85. The lowest BCUT2D eigenvalue weighted by Gasteiger charge is -2.44. The van der Waals surface area contributed by atoms with Gasteiger partial charge in [0.2, 0.25) is 11.8 Å². The van der Waals surface area contributed by atoms with Crippen LogP contribution < -0.4 is 4.90 Å². The van der Waals surface area contributed by atoms with Gasteiger partial charge in [-0.2, -0.15) is 13.2 Å². The zero-order valence-corrected chi connectivity index (χ0v) is 14.6. The normalized spacial score (nSPS) is 29.5. The van der Waals surface area contributed by atoms with Crippen LogP contribution in [0.25, 0.3) is 0 Å². The molecule has 0 N–H and O–H groups in total. The predicted octanol–water partition coefficient (Wildman–Crippen LogP) is 4.80. The number of rotatable bonds is 1. The topological polar surface area (TPSA) is 37.4 Å². The summed E-state index contributed by atoms with van der Waals surface area (Å²) in [7, 11) is 0. The summed E-state index contributed by atoms with van der Waals surface area (Å²) < 4.78 is 38.9. The molecule has 1 aromatic carbocycles. The minimum absolute atomic E-state index is 0.0118. The number of alkyl halides is 3. The molecule has 0 bridgehead atoms. The molecule has 1 aliphatic carbocycles. The molecule has 1 aromatic rings. The van der Waals surface area contributed by atoms with Crippen molar-refractivity contribution in [2.75, 3.05) is 4.90 Å². The average Bonchev–Trinajstić information content (AvgIpc) is 2.66. The molecular formula is C19H22F3NO2. The first kappa shape index (κ1) is 18.0. The van der Waals surface area contributed by atoms with Gasteiger partial charge in [0.15, 0.2) is 0 Å². The van der Waals surface area contributed by atoms with Crippen molar-refractivity contribution in [3.8, 4) is 0 Å². The van der Waals surface area contributed by atoms with Crippen LogP contribution in [0.3, 0.4) is 0 Å². The molecule has 25 heavy (non-hydrogen) atoms. The van der Waals surface area contributed by atoms with Crippen LogP contribution in [0.5, 0.6) is 0 Å². The van der Waals surface area contributed by atoms with E-state index in [1.807, 2.05) is 0 Å². The molecular weight excluding hydrogens is 331 g/mol. The lowest BCUT2D eigenvalue weighted by Crippen LogP contribution is -2.43. The summed E-state index contributed by atoms with van der Waals surface area (Å²) in [5, 5.41) is 0. The molecule has 2 fully saturated rings. The van der Waals surface area contributed by atoms with E-state index in [1.54, 1.807) is 0 Å². The molecule has 6 heteroatoms. The summed E-state index contributed by atoms with van der Waals surface area (Å²) in [4.78, 5) is 26.6. The molecule has 3 rings (SSSR count). The standard InChI is InChI=1S/C19H22F3NO2/c1-12-8-17(2,3)11-18(9-12)10-15(24)23(16(18)25)14-6-4-5-13(7-14)19(20,21)22/h4-7,12H,8-11H2,1-3H3. The van der Waals surface area contributed by atoms with E-state index in [0.29, 0.717) is 18.8 Å². The predicted molar refractivity (Wildman–Crippen MR) is 87.8 cm³/mol. The Bertz CT molecular complexity index is 726. The van der Waals surface area contributed by atoms with Crippen molar-refractivity contribution >= 4 is 17.5 Å². The Morgan fingerprint density at radius 3 is 2.44 bits per heavy atom. The fourth-order valence-corrected chi connectivity index (χ4v) is 4.92. The summed E-state index contributed by atoms with van der Waals surface area (Å²) in [6.07, 6.45) is -2.27. The van der Waals surface area contributed by atoms with Crippen LogP contribution in [0, 0.1) is 16.7 Å². The third-order valence-corrected chi connectivity index (χ3v) is 5.28. The number of amides is 2. The van der Waals surface area contributed by atoms with Gasteiger partial charge in [0.05, 0.1) is 16.7 Å². The highest BCUT2D eigenvalue weighted by atomic mass is 19.4. The van der Waals surface area contributed by atoms with E-state index in [2.05, 4.69) is 20.8 Å². The first-order chi connectivity index (χ1) is 11.4. The van der Waals surface area contributed by atoms with Crippen LogP contribution in [0.2, 0.25) is 0 Å². The number of hydrogen-bond acceptors (Lipinski definition) is 2. The molecule has 2 unspecified atom stereocenters. The van der Waals surface area contributed by atoms with Crippen LogP contribution >= 0.6 is 0 Å². The second-order valence-electron chi connectivity index (χ2n) is 8.39. The largest absolute Gasteiger partial charge is 0.416 e. The van der Waals surface area contributed by atoms with E-state index in [9.17, 15) is 22.8 Å². The minimum atomic E-state index is -4.51. The van der Waals surface area contributed by atoms with E-state index in [1.165, 1.54) is 12.1 Å². The molecule has 1 spiro atoms. The number of benzene rings is 1. The van der Waals surface area contributed by atoms with E-state index in [-0.39, 0.29) is 23.4 Å². The van der Waals surface area contributed by atoms with Crippen LogP contribution in [-0.4, -0.2) is 11.8 Å². The van der Waals surface area contributed by atoms with Gasteiger partial charge in [-0.25, -0.2) is 0 Å². The van der Waals surface area contributed by atoms with Gasteiger partial charge in [-0.1, -0.05) is 26.8 Å². The summed E-state index contributed by atoms with van der Waals surface area (Å²) >= 11 is 0. The van der Waals surface area contributed by atoms with Crippen molar-refractivity contribution in [2.45, 2.75) is 52.6 Å². The number of anilines is 1. The molecule has 1 saturated carbocycles. The van der Waals surface area contributed by atoms with Crippen LogP contribution in [0.1, 0.15) is 52.0 Å². The third-order valence-electron chi connectivity index (χ3n) is 5.28. The summed E-state index contributed by atoms with van der Waals surface area (Å²) in [5.74, 6) is -0.465. The SMILES string of the molecule is CC1CC(C)(C)CC2(CC(=O)N(c3cccc(C(F)(F)F)c3)C2=O)C1. The quantitative estimate of drug-likeness (QED) is 0.680. The summed E-state index contributed by atoms with van der Waals surface area (Å²) in [5.41, 5.74) is -1.70. The van der Waals surface area contributed by atoms with Gasteiger partial charge >= 0.3 is 6.18 Å². The second kappa shape index (κ2) is 5.58. The Morgan fingerprint density at radius 2 is 1.84 bits per heavy atom. The lowest BCUT2D eigenvalue weighted by atomic mass is 9.59. The molecule has 1 saturated heterocycles. The highest BCUT2D eigenvalue weighted by Crippen LogP contribution is 2.54. The number of halogens is 3. The van der Waals surface area contributed by atoms with Gasteiger partial charge in [-0.3, -0.25) is 14.5 Å². The van der Waals surface area contributed by atoms with Gasteiger partial charge in [0.25, 0.3) is 0 Å². The van der Waals surface area contributed by atoms with Crippen LogP contribution in [0.15, 0.2) is 24.3 Å². The van der Waals surface area contributed by atoms with Crippen molar-refractivity contribution < 1.29 is 22.8 Å². The van der Waals surface area contributed by atoms with E-state index >= 15 is 0 Å². The van der Waals surface area contributed by atoms with Gasteiger partial charge in [-0.05, 0) is 48.8 Å². The van der Waals surface area contributed by atoms with Crippen molar-refractivity contribution in [2.24, 2.45) is 16.7 Å². The zero-order chi connectivity index (χ0) is 18.6. The van der Waals surface area contributed by atoms with Crippen molar-refractivity contribution in [3.63, 3.8) is 0 Å². The zero-order valence-electron chi connectivity index (χ0n) is 14.6. The van der Waals surface area contributed by atoms with Crippen molar-refractivity contribution in [3.05, 3.63) is 29.8 Å². The second-order valence-corrected chi connectivity index (χ2v) is 8.39. The first-order valence-corrected chi connectivity index (χ1v) is 8.48. The molecule has 2 amide bonds. The van der Waals surface area contributed by atoms with Crippen LogP contribution in [-0.2, 0) is 15.8 Å². The molecule has 3 nitrogen and oxygen atoms in total. The molecule has 0 radical (unpaired) electrons. The van der Waals surface area contributed by atoms with Gasteiger partial charge in [0, 0.05) is 6.42 Å². The lowest BCUT2D eigenvalue weighted by molar-refractivity contribution is -0.137. The number of imide groups is 1. The maximum atomic E-state index is 13.1. The molecule has 0 aromatic heterocycles. The Kier molecular flexibility index (Phi) is 4.01. The smallest absolute Gasteiger partial charge is 0.274 e. The van der Waals surface area contributed by atoms with Gasteiger partial charge in [0.1, 0.15) is 0 Å². The highest BCUT2D eigenvalue weighted by molar-refractivity contribution is 6.22. The van der Waals surface area contributed by atoms with Crippen molar-refractivity contribution in [1.82, 2.24) is 0 Å². The average molecular weight is 353 g/mol.